The van der Waals surface area contributed by atoms with Gasteiger partial charge in [0.15, 0.2) is 0 Å². The van der Waals surface area contributed by atoms with E-state index in [0.29, 0.717) is 13.2 Å². The Morgan fingerprint density at radius 2 is 2.19 bits per heavy atom. The van der Waals surface area contributed by atoms with Crippen LogP contribution in [-0.2, 0) is 21.3 Å². The van der Waals surface area contributed by atoms with Crippen molar-refractivity contribution in [1.82, 2.24) is 9.29 Å². The highest BCUT2D eigenvalue weighted by atomic mass is 32.2. The maximum absolute atomic E-state index is 11.5. The average Bonchev–Trinajstić information content (AvgIpc) is 2.24. The number of methoxy groups -OCH3 is 1. The zero-order valence-electron chi connectivity index (χ0n) is 9.46. The fourth-order valence-corrected chi connectivity index (χ4v) is 2.00. The maximum Gasteiger partial charge on any atom is 0.211 e. The summed E-state index contributed by atoms with van der Waals surface area (Å²) in [5.41, 5.74) is 0.726. The third kappa shape index (κ3) is 4.26. The van der Waals surface area contributed by atoms with Gasteiger partial charge in [-0.3, -0.25) is 4.98 Å². The molecule has 16 heavy (non-hydrogen) atoms. The second kappa shape index (κ2) is 5.93. The van der Waals surface area contributed by atoms with Gasteiger partial charge in [0.25, 0.3) is 0 Å². The van der Waals surface area contributed by atoms with Gasteiger partial charge in [-0.2, -0.15) is 4.31 Å². The number of nitrogens with zero attached hydrogens (tertiary/aromatic N) is 2. The molecule has 0 radical (unpaired) electrons. The molecule has 6 heteroatoms. The highest BCUT2D eigenvalue weighted by Gasteiger charge is 2.16. The standard InChI is InChI=1S/C10H16N2O3S/c1-15-8-7-12(16(2,13)14)9-10-5-3-4-6-11-10/h3-6H,7-9H2,1-2H3. The first-order valence-electron chi connectivity index (χ1n) is 4.88. The van der Waals surface area contributed by atoms with Crippen LogP contribution in [0.1, 0.15) is 5.69 Å². The Morgan fingerprint density at radius 1 is 1.44 bits per heavy atom. The fourth-order valence-electron chi connectivity index (χ4n) is 1.23. The molecule has 0 spiro atoms. The van der Waals surface area contributed by atoms with E-state index in [1.807, 2.05) is 6.07 Å². The molecule has 0 aliphatic rings. The Balaban J connectivity index is 2.72. The van der Waals surface area contributed by atoms with Gasteiger partial charge in [0, 0.05) is 19.9 Å². The highest BCUT2D eigenvalue weighted by molar-refractivity contribution is 7.88. The molecule has 0 bridgehead atoms. The van der Waals surface area contributed by atoms with Crippen molar-refractivity contribution in [1.29, 1.82) is 0 Å². The normalized spacial score (nSPS) is 11.9. The predicted molar refractivity (Wildman–Crippen MR) is 61.4 cm³/mol. The number of sulfonamides is 1. The van der Waals surface area contributed by atoms with Gasteiger partial charge < -0.3 is 4.74 Å². The topological polar surface area (TPSA) is 59.5 Å². The largest absolute Gasteiger partial charge is 0.383 e. The highest BCUT2D eigenvalue weighted by Crippen LogP contribution is 2.05. The van der Waals surface area contributed by atoms with E-state index in [-0.39, 0.29) is 6.54 Å². The molecule has 0 saturated heterocycles. The van der Waals surface area contributed by atoms with E-state index >= 15 is 0 Å². The molecule has 90 valence electrons. The molecule has 0 aliphatic heterocycles. The van der Waals surface area contributed by atoms with Gasteiger partial charge in [-0.1, -0.05) is 6.07 Å². The number of aromatic nitrogens is 1. The first-order valence-corrected chi connectivity index (χ1v) is 6.73. The molecule has 0 N–H and O–H groups in total. The Hall–Kier alpha value is -0.980. The summed E-state index contributed by atoms with van der Waals surface area (Å²) in [6, 6.07) is 5.42. The SMILES string of the molecule is COCCN(Cc1ccccn1)S(C)(=O)=O. The summed E-state index contributed by atoms with van der Waals surface area (Å²) in [4.78, 5) is 4.09. The van der Waals surface area contributed by atoms with Crippen molar-refractivity contribution in [3.63, 3.8) is 0 Å². The first kappa shape index (κ1) is 13.1. The predicted octanol–water partition coefficient (Wildman–Crippen LogP) is 0.490. The lowest BCUT2D eigenvalue weighted by atomic mass is 10.3. The molecule has 1 aromatic heterocycles. The maximum atomic E-state index is 11.5. The van der Waals surface area contributed by atoms with E-state index in [1.165, 1.54) is 10.6 Å². The molecular weight excluding hydrogens is 228 g/mol. The van der Waals surface area contributed by atoms with E-state index in [0.717, 1.165) is 5.69 Å². The summed E-state index contributed by atoms with van der Waals surface area (Å²) >= 11 is 0. The van der Waals surface area contributed by atoms with Crippen LogP contribution in [0.5, 0.6) is 0 Å². The van der Waals surface area contributed by atoms with E-state index in [4.69, 9.17) is 4.74 Å². The molecule has 0 aromatic carbocycles. The Kier molecular flexibility index (Phi) is 4.85. The Morgan fingerprint density at radius 3 is 2.69 bits per heavy atom. The van der Waals surface area contributed by atoms with Gasteiger partial charge in [0.2, 0.25) is 10.0 Å². The van der Waals surface area contributed by atoms with Gasteiger partial charge >= 0.3 is 0 Å². The van der Waals surface area contributed by atoms with Gasteiger partial charge in [-0.25, -0.2) is 8.42 Å². The Labute approximate surface area is 96.1 Å². The molecule has 0 atom stereocenters. The summed E-state index contributed by atoms with van der Waals surface area (Å²) in [5.74, 6) is 0. The lowest BCUT2D eigenvalue weighted by molar-refractivity contribution is 0.177. The van der Waals surface area contributed by atoms with Crippen LogP contribution in [0.2, 0.25) is 0 Å². The zero-order valence-corrected chi connectivity index (χ0v) is 10.3. The molecule has 0 amide bonds. The van der Waals surface area contributed by atoms with Crippen LogP contribution in [-0.4, -0.2) is 44.2 Å². The lowest BCUT2D eigenvalue weighted by Gasteiger charge is -2.18. The van der Waals surface area contributed by atoms with Crippen LogP contribution < -0.4 is 0 Å². The van der Waals surface area contributed by atoms with Crippen LogP contribution in [0.25, 0.3) is 0 Å². The average molecular weight is 244 g/mol. The summed E-state index contributed by atoms with van der Waals surface area (Å²) in [6.07, 6.45) is 2.83. The van der Waals surface area contributed by atoms with Crippen LogP contribution >= 0.6 is 0 Å². The molecular formula is C10H16N2O3S. The number of hydrogen-bond acceptors (Lipinski definition) is 4. The molecule has 1 heterocycles. The smallest absolute Gasteiger partial charge is 0.211 e. The quantitative estimate of drug-likeness (QED) is 0.730. The van der Waals surface area contributed by atoms with Crippen LogP contribution in [0, 0.1) is 0 Å². The van der Waals surface area contributed by atoms with Crippen molar-refractivity contribution in [2.75, 3.05) is 26.5 Å². The second-order valence-corrected chi connectivity index (χ2v) is 5.39. The number of rotatable bonds is 6. The summed E-state index contributed by atoms with van der Waals surface area (Å²) in [7, 11) is -1.68. The van der Waals surface area contributed by atoms with Crippen molar-refractivity contribution in [2.24, 2.45) is 0 Å². The van der Waals surface area contributed by atoms with E-state index < -0.39 is 10.0 Å². The van der Waals surface area contributed by atoms with Crippen molar-refractivity contribution in [3.05, 3.63) is 30.1 Å². The third-order valence-electron chi connectivity index (χ3n) is 2.08. The lowest BCUT2D eigenvalue weighted by Crippen LogP contribution is -2.32. The minimum absolute atomic E-state index is 0.281. The van der Waals surface area contributed by atoms with Crippen LogP contribution in [0.15, 0.2) is 24.4 Å². The molecule has 0 fully saturated rings. The van der Waals surface area contributed by atoms with E-state index in [1.54, 1.807) is 25.4 Å². The molecule has 0 unspecified atom stereocenters. The third-order valence-corrected chi connectivity index (χ3v) is 3.33. The number of pyridine rings is 1. The summed E-state index contributed by atoms with van der Waals surface area (Å²) < 4.78 is 29.2. The summed E-state index contributed by atoms with van der Waals surface area (Å²) in [5, 5.41) is 0. The molecule has 1 rings (SSSR count). The van der Waals surface area contributed by atoms with Gasteiger partial charge in [-0.15, -0.1) is 0 Å². The fraction of sp³-hybridized carbons (Fsp3) is 0.500. The molecule has 1 aromatic rings. The number of ether oxygens (including phenoxy) is 1. The zero-order chi connectivity index (χ0) is 12.0. The van der Waals surface area contributed by atoms with Crippen molar-refractivity contribution >= 4 is 10.0 Å². The summed E-state index contributed by atoms with van der Waals surface area (Å²) in [6.45, 7) is 0.995. The first-order chi connectivity index (χ1) is 7.54. The van der Waals surface area contributed by atoms with Gasteiger partial charge in [0.1, 0.15) is 0 Å². The van der Waals surface area contributed by atoms with Crippen molar-refractivity contribution in [2.45, 2.75) is 6.54 Å². The van der Waals surface area contributed by atoms with E-state index in [9.17, 15) is 8.42 Å². The second-order valence-electron chi connectivity index (χ2n) is 3.41. The van der Waals surface area contributed by atoms with Gasteiger partial charge in [0.05, 0.1) is 25.1 Å². The number of hydrogen-bond donors (Lipinski definition) is 0. The Bertz CT molecular complexity index is 405. The minimum atomic E-state index is -3.22. The molecule has 0 saturated carbocycles. The minimum Gasteiger partial charge on any atom is -0.383 e. The molecule has 0 aliphatic carbocycles. The van der Waals surface area contributed by atoms with Gasteiger partial charge in [-0.05, 0) is 12.1 Å². The van der Waals surface area contributed by atoms with Crippen molar-refractivity contribution in [3.8, 4) is 0 Å². The monoisotopic (exact) mass is 244 g/mol. The van der Waals surface area contributed by atoms with E-state index in [2.05, 4.69) is 4.98 Å². The van der Waals surface area contributed by atoms with Crippen LogP contribution in [0.3, 0.4) is 0 Å². The van der Waals surface area contributed by atoms with Crippen LogP contribution in [0.4, 0.5) is 0 Å². The molecule has 5 nitrogen and oxygen atoms in total. The van der Waals surface area contributed by atoms with Crippen molar-refractivity contribution < 1.29 is 13.2 Å².